The number of hydrogen-bond acceptors (Lipinski definition) is 4. The number of ketones is 1. The van der Waals surface area contributed by atoms with Crippen LogP contribution >= 0.6 is 0 Å². The third-order valence-electron chi connectivity index (χ3n) is 2.29. The molecule has 0 amide bonds. The largest absolute Gasteiger partial charge is 0.481 e. The maximum absolute atomic E-state index is 11.7. The molecule has 1 aromatic carbocycles. The fourth-order valence-electron chi connectivity index (χ4n) is 1.52. The number of hydrogen-bond donors (Lipinski definition) is 0. The van der Waals surface area contributed by atoms with Crippen molar-refractivity contribution in [1.82, 2.24) is 0 Å². The third kappa shape index (κ3) is 1.70. The summed E-state index contributed by atoms with van der Waals surface area (Å²) in [6, 6.07) is 6.95. The van der Waals surface area contributed by atoms with Gasteiger partial charge in [0.2, 0.25) is 5.78 Å². The van der Waals surface area contributed by atoms with Crippen LogP contribution in [0.15, 0.2) is 24.3 Å². The quantitative estimate of drug-likeness (QED) is 0.682. The third-order valence-corrected chi connectivity index (χ3v) is 2.29. The summed E-state index contributed by atoms with van der Waals surface area (Å²) in [4.78, 5) is 22.7. The highest BCUT2D eigenvalue weighted by Gasteiger charge is 2.33. The lowest BCUT2D eigenvalue weighted by Crippen LogP contribution is -2.24. The van der Waals surface area contributed by atoms with Crippen molar-refractivity contribution in [3.63, 3.8) is 0 Å². The smallest absolute Gasteiger partial charge is 0.309 e. The minimum absolute atomic E-state index is 0.0377. The van der Waals surface area contributed by atoms with Crippen LogP contribution in [0.5, 0.6) is 5.75 Å². The van der Waals surface area contributed by atoms with E-state index in [9.17, 15) is 9.59 Å². The Morgan fingerprint density at radius 1 is 1.47 bits per heavy atom. The minimum Gasteiger partial charge on any atom is -0.481 e. The molecular formula is C11H10O4. The number of para-hydroxylation sites is 1. The lowest BCUT2D eigenvalue weighted by molar-refractivity contribution is -0.141. The second-order valence-corrected chi connectivity index (χ2v) is 3.25. The zero-order chi connectivity index (χ0) is 10.8. The van der Waals surface area contributed by atoms with Crippen molar-refractivity contribution in [1.29, 1.82) is 0 Å². The minimum atomic E-state index is -0.727. The second-order valence-electron chi connectivity index (χ2n) is 3.25. The molecule has 78 valence electrons. The Morgan fingerprint density at radius 2 is 2.20 bits per heavy atom. The molecule has 4 nitrogen and oxygen atoms in total. The van der Waals surface area contributed by atoms with Crippen molar-refractivity contribution in [2.75, 3.05) is 7.11 Å². The van der Waals surface area contributed by atoms with Gasteiger partial charge in [0.1, 0.15) is 5.75 Å². The number of methoxy groups -OCH3 is 1. The standard InChI is InChI=1S/C11H10O4/c1-14-10(12)6-9-11(13)7-4-2-3-5-8(7)15-9/h2-5,9H,6H2,1H3. The fraction of sp³-hybridized carbons (Fsp3) is 0.273. The summed E-state index contributed by atoms with van der Waals surface area (Å²) >= 11 is 0. The number of carbonyl (C=O) groups excluding carboxylic acids is 2. The molecule has 1 aliphatic rings. The molecule has 0 bridgehead atoms. The summed E-state index contributed by atoms with van der Waals surface area (Å²) in [7, 11) is 1.29. The van der Waals surface area contributed by atoms with E-state index in [1.54, 1.807) is 24.3 Å². The molecular weight excluding hydrogens is 196 g/mol. The Bertz CT molecular complexity index is 411. The molecule has 0 N–H and O–H groups in total. The molecule has 15 heavy (non-hydrogen) atoms. The van der Waals surface area contributed by atoms with Crippen molar-refractivity contribution < 1.29 is 19.1 Å². The zero-order valence-corrected chi connectivity index (χ0v) is 8.23. The van der Waals surface area contributed by atoms with Crippen LogP contribution in [0, 0.1) is 0 Å². The Morgan fingerprint density at radius 3 is 2.87 bits per heavy atom. The van der Waals surface area contributed by atoms with E-state index in [-0.39, 0.29) is 12.2 Å². The maximum atomic E-state index is 11.7. The van der Waals surface area contributed by atoms with Gasteiger partial charge < -0.3 is 9.47 Å². The molecule has 0 saturated heterocycles. The fourth-order valence-corrected chi connectivity index (χ4v) is 1.52. The topological polar surface area (TPSA) is 52.6 Å². The number of fused-ring (bicyclic) bond motifs is 1. The van der Waals surface area contributed by atoms with Crippen molar-refractivity contribution >= 4 is 11.8 Å². The van der Waals surface area contributed by atoms with Crippen LogP contribution in [0.1, 0.15) is 16.8 Å². The van der Waals surface area contributed by atoms with Crippen molar-refractivity contribution in [2.24, 2.45) is 0 Å². The molecule has 0 saturated carbocycles. The highest BCUT2D eigenvalue weighted by atomic mass is 16.5. The molecule has 2 rings (SSSR count). The van der Waals surface area contributed by atoms with E-state index in [2.05, 4.69) is 4.74 Å². The molecule has 0 radical (unpaired) electrons. The summed E-state index contributed by atoms with van der Waals surface area (Å²) < 4.78 is 9.83. The van der Waals surface area contributed by atoms with Crippen LogP contribution in [-0.2, 0) is 9.53 Å². The van der Waals surface area contributed by atoms with Gasteiger partial charge >= 0.3 is 5.97 Å². The predicted molar refractivity (Wildman–Crippen MR) is 51.8 cm³/mol. The van der Waals surface area contributed by atoms with Crippen LogP contribution in [0.25, 0.3) is 0 Å². The van der Waals surface area contributed by atoms with E-state index in [4.69, 9.17) is 4.74 Å². The number of esters is 1. The first-order chi connectivity index (χ1) is 7.22. The van der Waals surface area contributed by atoms with Gasteiger partial charge in [-0.15, -0.1) is 0 Å². The summed E-state index contributed by atoms with van der Waals surface area (Å²) in [5.74, 6) is -0.0615. The van der Waals surface area contributed by atoms with E-state index in [0.29, 0.717) is 11.3 Å². The van der Waals surface area contributed by atoms with E-state index in [1.165, 1.54) is 7.11 Å². The molecule has 0 aromatic heterocycles. The summed E-state index contributed by atoms with van der Waals surface area (Å²) in [5.41, 5.74) is 0.534. The van der Waals surface area contributed by atoms with Gasteiger partial charge in [0, 0.05) is 0 Å². The van der Waals surface area contributed by atoms with Crippen LogP contribution < -0.4 is 4.74 Å². The summed E-state index contributed by atoms with van der Waals surface area (Å²) in [5, 5.41) is 0. The predicted octanol–water partition coefficient (Wildman–Crippen LogP) is 1.19. The lowest BCUT2D eigenvalue weighted by atomic mass is 10.1. The average molecular weight is 206 g/mol. The van der Waals surface area contributed by atoms with E-state index in [0.717, 1.165) is 0 Å². The van der Waals surface area contributed by atoms with Gasteiger partial charge in [0.05, 0.1) is 19.1 Å². The molecule has 0 fully saturated rings. The summed E-state index contributed by atoms with van der Waals surface area (Å²) in [6.07, 6.45) is -0.765. The van der Waals surface area contributed by atoms with Crippen molar-refractivity contribution in [3.8, 4) is 5.75 Å². The molecule has 0 spiro atoms. The van der Waals surface area contributed by atoms with Crippen molar-refractivity contribution in [3.05, 3.63) is 29.8 Å². The Labute approximate surface area is 86.8 Å². The SMILES string of the molecule is COC(=O)CC1Oc2ccccc2C1=O. The number of rotatable bonds is 2. The van der Waals surface area contributed by atoms with E-state index < -0.39 is 12.1 Å². The van der Waals surface area contributed by atoms with Crippen LogP contribution in [-0.4, -0.2) is 25.0 Å². The monoisotopic (exact) mass is 206 g/mol. The first-order valence-electron chi connectivity index (χ1n) is 4.59. The Kier molecular flexibility index (Phi) is 2.41. The Balaban J connectivity index is 2.17. The molecule has 1 heterocycles. The molecule has 4 heteroatoms. The molecule has 1 unspecified atom stereocenters. The normalized spacial score (nSPS) is 18.2. The maximum Gasteiger partial charge on any atom is 0.309 e. The lowest BCUT2D eigenvalue weighted by Gasteiger charge is -2.06. The number of ether oxygens (including phenoxy) is 2. The van der Waals surface area contributed by atoms with Crippen LogP contribution in [0.4, 0.5) is 0 Å². The first-order valence-corrected chi connectivity index (χ1v) is 4.59. The van der Waals surface area contributed by atoms with Gasteiger partial charge in [-0.2, -0.15) is 0 Å². The zero-order valence-electron chi connectivity index (χ0n) is 8.23. The van der Waals surface area contributed by atoms with Crippen LogP contribution in [0.2, 0.25) is 0 Å². The first kappa shape index (κ1) is 9.71. The Hall–Kier alpha value is -1.84. The molecule has 1 atom stereocenters. The number of benzene rings is 1. The highest BCUT2D eigenvalue weighted by Crippen LogP contribution is 2.29. The van der Waals surface area contributed by atoms with Gasteiger partial charge in [-0.3, -0.25) is 9.59 Å². The van der Waals surface area contributed by atoms with Gasteiger partial charge in [0.25, 0.3) is 0 Å². The van der Waals surface area contributed by atoms with E-state index >= 15 is 0 Å². The van der Waals surface area contributed by atoms with Gasteiger partial charge in [-0.05, 0) is 12.1 Å². The van der Waals surface area contributed by atoms with Crippen molar-refractivity contribution in [2.45, 2.75) is 12.5 Å². The van der Waals surface area contributed by atoms with Gasteiger partial charge in [-0.25, -0.2) is 0 Å². The highest BCUT2D eigenvalue weighted by molar-refractivity contribution is 6.05. The average Bonchev–Trinajstić information content (AvgIpc) is 2.57. The number of Topliss-reactive ketones (excluding diaryl/α,β-unsaturated/α-hetero) is 1. The molecule has 1 aliphatic heterocycles. The number of carbonyl (C=O) groups is 2. The van der Waals surface area contributed by atoms with Gasteiger partial charge in [0.15, 0.2) is 6.10 Å². The van der Waals surface area contributed by atoms with Crippen LogP contribution in [0.3, 0.4) is 0 Å². The summed E-state index contributed by atoms with van der Waals surface area (Å²) in [6.45, 7) is 0. The molecule has 1 aromatic rings. The molecule has 0 aliphatic carbocycles. The van der Waals surface area contributed by atoms with Gasteiger partial charge in [-0.1, -0.05) is 12.1 Å². The second kappa shape index (κ2) is 3.73. The van der Waals surface area contributed by atoms with E-state index in [1.807, 2.05) is 0 Å².